The van der Waals surface area contributed by atoms with Gasteiger partial charge in [0, 0.05) is 23.7 Å². The molecule has 1 rings (SSSR count). The second-order valence-electron chi connectivity index (χ2n) is 3.32. The van der Waals surface area contributed by atoms with Gasteiger partial charge in [0.2, 0.25) is 0 Å². The molecule has 1 amide bonds. The van der Waals surface area contributed by atoms with Gasteiger partial charge in [-0.1, -0.05) is 25.4 Å². The van der Waals surface area contributed by atoms with Crippen molar-refractivity contribution in [2.24, 2.45) is 0 Å². The topological polar surface area (TPSA) is 41.1 Å². The molecule has 4 heteroatoms. The largest absolute Gasteiger partial charge is 0.351 e. The number of nitrogens with one attached hydrogen (secondary N) is 2. The average molecular weight is 257 g/mol. The Morgan fingerprint density at radius 3 is 2.47 bits per heavy atom. The molecule has 1 aromatic carbocycles. The van der Waals surface area contributed by atoms with Gasteiger partial charge in [-0.25, -0.2) is 0 Å². The van der Waals surface area contributed by atoms with Crippen LogP contribution in [0.4, 0.5) is 0 Å². The van der Waals surface area contributed by atoms with Gasteiger partial charge in [-0.05, 0) is 37.7 Å². The van der Waals surface area contributed by atoms with Gasteiger partial charge in [0.1, 0.15) is 0 Å². The van der Waals surface area contributed by atoms with Crippen LogP contribution in [0.2, 0.25) is 5.02 Å². The number of rotatable bonds is 4. The Kier molecular flexibility index (Phi) is 8.46. The van der Waals surface area contributed by atoms with Gasteiger partial charge < -0.3 is 10.6 Å². The molecule has 0 aromatic heterocycles. The van der Waals surface area contributed by atoms with Crippen LogP contribution in [-0.2, 0) is 0 Å². The number of hydrogen-bond acceptors (Lipinski definition) is 2. The number of carbonyl (C=O) groups is 1. The van der Waals surface area contributed by atoms with Crippen LogP contribution < -0.4 is 10.6 Å². The fraction of sp³-hybridized carbons (Fsp3) is 0.462. The number of amides is 1. The molecule has 96 valence electrons. The van der Waals surface area contributed by atoms with Crippen molar-refractivity contribution in [1.29, 1.82) is 0 Å². The van der Waals surface area contributed by atoms with E-state index >= 15 is 0 Å². The van der Waals surface area contributed by atoms with Gasteiger partial charge in [0.15, 0.2) is 0 Å². The number of aryl methyl sites for hydroxylation is 1. The van der Waals surface area contributed by atoms with Crippen LogP contribution in [0, 0.1) is 6.92 Å². The van der Waals surface area contributed by atoms with Crippen LogP contribution in [0.5, 0.6) is 0 Å². The van der Waals surface area contributed by atoms with Crippen LogP contribution in [-0.4, -0.2) is 26.0 Å². The molecule has 3 nitrogen and oxygen atoms in total. The molecule has 0 aliphatic carbocycles. The van der Waals surface area contributed by atoms with E-state index in [4.69, 9.17) is 11.6 Å². The summed E-state index contributed by atoms with van der Waals surface area (Å²) < 4.78 is 0. The summed E-state index contributed by atoms with van der Waals surface area (Å²) in [7, 11) is 1.85. The van der Waals surface area contributed by atoms with Crippen molar-refractivity contribution in [1.82, 2.24) is 10.6 Å². The van der Waals surface area contributed by atoms with Gasteiger partial charge in [-0.3, -0.25) is 4.79 Å². The molecular formula is C13H21ClN2O. The number of likely N-dealkylation sites (N-methyl/N-ethyl adjacent to an activating group) is 1. The van der Waals surface area contributed by atoms with Crippen molar-refractivity contribution in [2.45, 2.75) is 20.8 Å². The summed E-state index contributed by atoms with van der Waals surface area (Å²) in [6, 6.07) is 5.25. The number of hydrogen-bond donors (Lipinski definition) is 2. The Bertz CT molecular complexity index is 353. The first kappa shape index (κ1) is 15.9. The molecule has 0 saturated heterocycles. The lowest BCUT2D eigenvalue weighted by Crippen LogP contribution is -2.30. The SMILES string of the molecule is CC.CNCCNC(=O)c1ccc(Cl)c(C)c1. The first-order valence-electron chi connectivity index (χ1n) is 5.84. The van der Waals surface area contributed by atoms with E-state index < -0.39 is 0 Å². The maximum Gasteiger partial charge on any atom is 0.251 e. The molecule has 0 radical (unpaired) electrons. The zero-order chi connectivity index (χ0) is 13.3. The first-order valence-corrected chi connectivity index (χ1v) is 6.22. The number of benzene rings is 1. The van der Waals surface area contributed by atoms with Crippen molar-refractivity contribution in [3.63, 3.8) is 0 Å². The van der Waals surface area contributed by atoms with Crippen molar-refractivity contribution >= 4 is 17.5 Å². The second-order valence-corrected chi connectivity index (χ2v) is 3.73. The highest BCUT2D eigenvalue weighted by Crippen LogP contribution is 2.15. The molecule has 17 heavy (non-hydrogen) atoms. The second kappa shape index (κ2) is 9.02. The molecule has 0 saturated carbocycles. The van der Waals surface area contributed by atoms with Crippen LogP contribution >= 0.6 is 11.6 Å². The molecule has 0 aliphatic heterocycles. The van der Waals surface area contributed by atoms with Crippen LogP contribution in [0.25, 0.3) is 0 Å². The molecule has 0 heterocycles. The van der Waals surface area contributed by atoms with Crippen molar-refractivity contribution in [3.8, 4) is 0 Å². The Morgan fingerprint density at radius 1 is 1.29 bits per heavy atom. The summed E-state index contributed by atoms with van der Waals surface area (Å²) in [5.41, 5.74) is 1.56. The van der Waals surface area contributed by atoms with Gasteiger partial charge in [-0.2, -0.15) is 0 Å². The molecule has 1 aromatic rings. The molecule has 0 spiro atoms. The van der Waals surface area contributed by atoms with E-state index in [1.54, 1.807) is 18.2 Å². The standard InChI is InChI=1S/C11H15ClN2O.C2H6/c1-8-7-9(3-4-10(8)12)11(15)14-6-5-13-2;1-2/h3-4,7,13H,5-6H2,1-2H3,(H,14,15);1-2H3. The maximum atomic E-state index is 11.6. The lowest BCUT2D eigenvalue weighted by Gasteiger charge is -2.06. The summed E-state index contributed by atoms with van der Waals surface area (Å²) in [4.78, 5) is 11.6. The molecule has 0 aliphatic rings. The highest BCUT2D eigenvalue weighted by atomic mass is 35.5. The number of carbonyl (C=O) groups excluding carboxylic acids is 1. The molecule has 0 atom stereocenters. The van der Waals surface area contributed by atoms with E-state index in [0.29, 0.717) is 17.1 Å². The number of halogens is 1. The Morgan fingerprint density at radius 2 is 1.94 bits per heavy atom. The molecule has 0 unspecified atom stereocenters. The zero-order valence-corrected chi connectivity index (χ0v) is 11.7. The van der Waals surface area contributed by atoms with Gasteiger partial charge in [0.05, 0.1) is 0 Å². The summed E-state index contributed by atoms with van der Waals surface area (Å²) in [6.45, 7) is 7.27. The molecule has 2 N–H and O–H groups in total. The third-order valence-corrected chi connectivity index (χ3v) is 2.50. The van der Waals surface area contributed by atoms with Crippen molar-refractivity contribution < 1.29 is 4.79 Å². The maximum absolute atomic E-state index is 11.6. The van der Waals surface area contributed by atoms with Gasteiger partial charge in [0.25, 0.3) is 5.91 Å². The van der Waals surface area contributed by atoms with E-state index in [-0.39, 0.29) is 5.91 Å². The summed E-state index contributed by atoms with van der Waals surface area (Å²) >= 11 is 5.87. The van der Waals surface area contributed by atoms with Gasteiger partial charge >= 0.3 is 0 Å². The predicted octanol–water partition coefficient (Wildman–Crippen LogP) is 2.62. The summed E-state index contributed by atoms with van der Waals surface area (Å²) in [6.07, 6.45) is 0. The predicted molar refractivity (Wildman–Crippen MR) is 73.8 cm³/mol. The first-order chi connectivity index (χ1) is 8.15. The van der Waals surface area contributed by atoms with Crippen molar-refractivity contribution in [3.05, 3.63) is 34.3 Å². The van der Waals surface area contributed by atoms with E-state index in [2.05, 4.69) is 10.6 Å². The van der Waals surface area contributed by atoms with Crippen LogP contribution in [0.15, 0.2) is 18.2 Å². The Hall–Kier alpha value is -1.06. The minimum absolute atomic E-state index is 0.0648. The minimum Gasteiger partial charge on any atom is -0.351 e. The smallest absolute Gasteiger partial charge is 0.251 e. The Balaban J connectivity index is 0.00000121. The third kappa shape index (κ3) is 5.71. The normalized spacial score (nSPS) is 9.24. The highest BCUT2D eigenvalue weighted by molar-refractivity contribution is 6.31. The van der Waals surface area contributed by atoms with E-state index in [9.17, 15) is 4.79 Å². The van der Waals surface area contributed by atoms with Gasteiger partial charge in [-0.15, -0.1) is 0 Å². The summed E-state index contributed by atoms with van der Waals surface area (Å²) in [5, 5.41) is 6.44. The summed E-state index contributed by atoms with van der Waals surface area (Å²) in [5.74, 6) is -0.0648. The lowest BCUT2D eigenvalue weighted by atomic mass is 10.1. The van der Waals surface area contributed by atoms with E-state index in [1.807, 2.05) is 27.8 Å². The fourth-order valence-corrected chi connectivity index (χ4v) is 1.31. The van der Waals surface area contributed by atoms with E-state index in [0.717, 1.165) is 12.1 Å². The Labute approximate surface area is 109 Å². The van der Waals surface area contributed by atoms with Crippen LogP contribution in [0.3, 0.4) is 0 Å². The molecular weight excluding hydrogens is 236 g/mol. The minimum atomic E-state index is -0.0648. The lowest BCUT2D eigenvalue weighted by molar-refractivity contribution is 0.0954. The quantitative estimate of drug-likeness (QED) is 0.814. The molecule has 0 bridgehead atoms. The van der Waals surface area contributed by atoms with Crippen LogP contribution in [0.1, 0.15) is 29.8 Å². The van der Waals surface area contributed by atoms with Crippen molar-refractivity contribution in [2.75, 3.05) is 20.1 Å². The third-order valence-electron chi connectivity index (χ3n) is 2.08. The zero-order valence-electron chi connectivity index (χ0n) is 10.9. The van der Waals surface area contributed by atoms with E-state index in [1.165, 1.54) is 0 Å². The molecule has 0 fully saturated rings. The fourth-order valence-electron chi connectivity index (χ4n) is 1.19. The average Bonchev–Trinajstić information content (AvgIpc) is 2.35. The highest BCUT2D eigenvalue weighted by Gasteiger charge is 2.05. The monoisotopic (exact) mass is 256 g/mol.